The highest BCUT2D eigenvalue weighted by Gasteiger charge is 2.37. The Bertz CT molecular complexity index is 512. The molecule has 2 aliphatic rings. The number of likely N-dealkylation sites (tertiary alicyclic amines) is 2. The Kier molecular flexibility index (Phi) is 4.31. The van der Waals surface area contributed by atoms with Crippen LogP contribution in [0.3, 0.4) is 0 Å². The van der Waals surface area contributed by atoms with E-state index in [1.54, 1.807) is 29.4 Å². The molecule has 0 aromatic carbocycles. The normalized spacial score (nSPS) is 26.8. The first-order valence-electron chi connectivity index (χ1n) is 7.53. The zero-order chi connectivity index (χ0) is 14.7. The van der Waals surface area contributed by atoms with Crippen molar-refractivity contribution in [3.05, 3.63) is 36.2 Å². The van der Waals surface area contributed by atoms with Gasteiger partial charge < -0.3 is 10.0 Å². The fourth-order valence-corrected chi connectivity index (χ4v) is 3.13. The molecule has 1 N–H and O–H groups in total. The van der Waals surface area contributed by atoms with Gasteiger partial charge in [-0.2, -0.15) is 0 Å². The Morgan fingerprint density at radius 2 is 1.95 bits per heavy atom. The molecule has 3 heterocycles. The molecule has 5 nitrogen and oxygen atoms in total. The second-order valence-electron chi connectivity index (χ2n) is 5.73. The Morgan fingerprint density at radius 1 is 1.24 bits per heavy atom. The van der Waals surface area contributed by atoms with E-state index in [-0.39, 0.29) is 11.9 Å². The average molecular weight is 287 g/mol. The van der Waals surface area contributed by atoms with E-state index in [4.69, 9.17) is 0 Å². The van der Waals surface area contributed by atoms with Crippen LogP contribution in [0.25, 0.3) is 6.08 Å². The van der Waals surface area contributed by atoms with Crippen molar-refractivity contribution in [3.63, 3.8) is 0 Å². The Hall–Kier alpha value is -1.72. The Labute approximate surface area is 124 Å². The molecule has 0 saturated carbocycles. The molecule has 0 spiro atoms. The number of aliphatic hydroxyl groups is 1. The summed E-state index contributed by atoms with van der Waals surface area (Å²) in [5.41, 5.74) is 0.953. The molecule has 0 aliphatic carbocycles. The van der Waals surface area contributed by atoms with Gasteiger partial charge in [-0.1, -0.05) is 0 Å². The van der Waals surface area contributed by atoms with Crippen molar-refractivity contribution in [2.75, 3.05) is 26.2 Å². The fourth-order valence-electron chi connectivity index (χ4n) is 3.13. The highest BCUT2D eigenvalue weighted by atomic mass is 16.3. The third-order valence-corrected chi connectivity index (χ3v) is 4.30. The van der Waals surface area contributed by atoms with Crippen molar-refractivity contribution < 1.29 is 9.90 Å². The number of carbonyl (C=O) groups excluding carboxylic acids is 1. The summed E-state index contributed by atoms with van der Waals surface area (Å²) in [6.07, 6.45) is 8.73. The second kappa shape index (κ2) is 6.37. The number of carbonyl (C=O) groups is 1. The van der Waals surface area contributed by atoms with Gasteiger partial charge >= 0.3 is 0 Å². The van der Waals surface area contributed by atoms with Crippen molar-refractivity contribution in [1.82, 2.24) is 14.8 Å². The number of β-amino-alcohol motifs (C(OH)–C–C–N with tert-alkyl or cyclic N) is 1. The number of aliphatic hydroxyl groups excluding tert-OH is 1. The van der Waals surface area contributed by atoms with Gasteiger partial charge in [0.2, 0.25) is 5.91 Å². The zero-order valence-electron chi connectivity index (χ0n) is 12.1. The van der Waals surface area contributed by atoms with Crippen LogP contribution in [-0.2, 0) is 4.79 Å². The summed E-state index contributed by atoms with van der Waals surface area (Å²) < 4.78 is 0. The van der Waals surface area contributed by atoms with E-state index in [0.717, 1.165) is 18.7 Å². The third kappa shape index (κ3) is 3.31. The maximum Gasteiger partial charge on any atom is 0.246 e. The lowest BCUT2D eigenvalue weighted by molar-refractivity contribution is -0.125. The van der Waals surface area contributed by atoms with Gasteiger partial charge in [-0.15, -0.1) is 0 Å². The molecule has 1 amide bonds. The smallest absolute Gasteiger partial charge is 0.246 e. The molecular formula is C16H21N3O2. The summed E-state index contributed by atoms with van der Waals surface area (Å²) in [5, 5.41) is 10.2. The molecule has 2 aliphatic heterocycles. The van der Waals surface area contributed by atoms with E-state index < -0.39 is 6.10 Å². The molecule has 2 atom stereocenters. The van der Waals surface area contributed by atoms with Gasteiger partial charge in [-0.05, 0) is 49.7 Å². The van der Waals surface area contributed by atoms with Crippen LogP contribution in [0.1, 0.15) is 18.4 Å². The summed E-state index contributed by atoms with van der Waals surface area (Å²) in [5.74, 6) is -0.0347. The summed E-state index contributed by atoms with van der Waals surface area (Å²) in [6.45, 7) is 3.13. The quantitative estimate of drug-likeness (QED) is 0.834. The fraction of sp³-hybridized carbons (Fsp3) is 0.500. The maximum absolute atomic E-state index is 12.2. The number of hydrogen-bond acceptors (Lipinski definition) is 4. The van der Waals surface area contributed by atoms with E-state index in [2.05, 4.69) is 9.88 Å². The van der Waals surface area contributed by atoms with Crippen molar-refractivity contribution >= 4 is 12.0 Å². The molecule has 3 rings (SSSR count). The lowest BCUT2D eigenvalue weighted by Gasteiger charge is -2.25. The number of amides is 1. The van der Waals surface area contributed by atoms with Crippen molar-refractivity contribution in [3.8, 4) is 0 Å². The first kappa shape index (κ1) is 14.2. The molecule has 0 unspecified atom stereocenters. The summed E-state index contributed by atoms with van der Waals surface area (Å²) in [6, 6.07) is 3.82. The van der Waals surface area contributed by atoms with Crippen LogP contribution in [-0.4, -0.2) is 64.1 Å². The summed E-state index contributed by atoms with van der Waals surface area (Å²) in [7, 11) is 0. The number of aromatic nitrogens is 1. The number of nitrogens with zero attached hydrogens (tertiary/aromatic N) is 3. The van der Waals surface area contributed by atoms with Crippen LogP contribution in [0.5, 0.6) is 0 Å². The Morgan fingerprint density at radius 3 is 2.67 bits per heavy atom. The van der Waals surface area contributed by atoms with Gasteiger partial charge in [0.1, 0.15) is 0 Å². The molecule has 2 saturated heterocycles. The monoisotopic (exact) mass is 287 g/mol. The van der Waals surface area contributed by atoms with Crippen LogP contribution in [0, 0.1) is 0 Å². The minimum Gasteiger partial charge on any atom is -0.390 e. The Balaban J connectivity index is 1.60. The van der Waals surface area contributed by atoms with Gasteiger partial charge in [-0.25, -0.2) is 0 Å². The minimum atomic E-state index is -0.429. The zero-order valence-corrected chi connectivity index (χ0v) is 12.1. The van der Waals surface area contributed by atoms with E-state index in [9.17, 15) is 9.90 Å². The first-order valence-corrected chi connectivity index (χ1v) is 7.53. The summed E-state index contributed by atoms with van der Waals surface area (Å²) in [4.78, 5) is 20.2. The van der Waals surface area contributed by atoms with Crippen molar-refractivity contribution in [1.29, 1.82) is 0 Å². The lowest BCUT2D eigenvalue weighted by atomic mass is 10.2. The van der Waals surface area contributed by atoms with Crippen molar-refractivity contribution in [2.24, 2.45) is 0 Å². The first-order chi connectivity index (χ1) is 10.2. The predicted molar refractivity (Wildman–Crippen MR) is 80.5 cm³/mol. The van der Waals surface area contributed by atoms with Crippen LogP contribution in [0.4, 0.5) is 0 Å². The van der Waals surface area contributed by atoms with Crippen LogP contribution >= 0.6 is 0 Å². The standard InChI is InChI=1S/C16H21N3O2/c20-15-12-19(11-14(15)18-9-1-2-10-18)16(21)4-3-13-5-7-17-8-6-13/h3-8,14-15,20H,1-2,9-12H2/t14-,15-/m1/s1. The molecule has 21 heavy (non-hydrogen) atoms. The van der Waals surface area contributed by atoms with Crippen molar-refractivity contribution in [2.45, 2.75) is 25.0 Å². The van der Waals surface area contributed by atoms with Crippen LogP contribution in [0.15, 0.2) is 30.6 Å². The van der Waals surface area contributed by atoms with Gasteiger partial charge in [0.25, 0.3) is 0 Å². The second-order valence-corrected chi connectivity index (χ2v) is 5.73. The molecule has 0 radical (unpaired) electrons. The van der Waals surface area contributed by atoms with E-state index in [1.165, 1.54) is 12.8 Å². The number of pyridine rings is 1. The molecular weight excluding hydrogens is 266 g/mol. The maximum atomic E-state index is 12.2. The SMILES string of the molecule is O=C(C=Cc1ccncc1)N1C[C@@H](O)[C@H](N2CCCC2)C1. The highest BCUT2D eigenvalue weighted by molar-refractivity contribution is 5.92. The lowest BCUT2D eigenvalue weighted by Crippen LogP contribution is -2.41. The van der Waals surface area contributed by atoms with Gasteiger partial charge in [0, 0.05) is 31.6 Å². The van der Waals surface area contributed by atoms with E-state index >= 15 is 0 Å². The van der Waals surface area contributed by atoms with Gasteiger partial charge in [0.05, 0.1) is 12.1 Å². The number of hydrogen-bond donors (Lipinski definition) is 1. The molecule has 5 heteroatoms. The average Bonchev–Trinajstić information content (AvgIpc) is 3.15. The van der Waals surface area contributed by atoms with Gasteiger partial charge in [-0.3, -0.25) is 14.7 Å². The van der Waals surface area contributed by atoms with Gasteiger partial charge in [0.15, 0.2) is 0 Å². The van der Waals surface area contributed by atoms with Crippen LogP contribution < -0.4 is 0 Å². The molecule has 112 valence electrons. The predicted octanol–water partition coefficient (Wildman–Crippen LogP) is 0.762. The highest BCUT2D eigenvalue weighted by Crippen LogP contribution is 2.21. The summed E-state index contributed by atoms with van der Waals surface area (Å²) >= 11 is 0. The third-order valence-electron chi connectivity index (χ3n) is 4.30. The molecule has 1 aromatic rings. The minimum absolute atomic E-state index is 0.0347. The van der Waals surface area contributed by atoms with E-state index in [1.807, 2.05) is 12.1 Å². The van der Waals surface area contributed by atoms with E-state index in [0.29, 0.717) is 13.1 Å². The molecule has 2 fully saturated rings. The topological polar surface area (TPSA) is 56.7 Å². The molecule has 1 aromatic heterocycles. The molecule has 0 bridgehead atoms. The van der Waals surface area contributed by atoms with Crippen LogP contribution in [0.2, 0.25) is 0 Å². The largest absolute Gasteiger partial charge is 0.390 e. The number of rotatable bonds is 3.